The number of nitrogens with zero attached hydrogens (tertiary/aromatic N) is 3. The number of nitrogens with two attached hydrogens (primary N) is 1. The molecule has 0 bridgehead atoms. The van der Waals surface area contributed by atoms with Crippen molar-refractivity contribution in [1.82, 2.24) is 14.2 Å². The molecule has 0 unspecified atom stereocenters. The molecule has 1 aliphatic rings. The molecule has 3 aromatic heterocycles. The van der Waals surface area contributed by atoms with Crippen LogP contribution < -0.4 is 5.73 Å². The molecule has 1 atom stereocenters. The number of pyridine rings is 1. The lowest BCUT2D eigenvalue weighted by atomic mass is 10.2. The summed E-state index contributed by atoms with van der Waals surface area (Å²) in [6, 6.07) is 5.85. The van der Waals surface area contributed by atoms with Crippen LogP contribution in [0.5, 0.6) is 0 Å². The van der Waals surface area contributed by atoms with E-state index in [2.05, 4.69) is 4.98 Å². The van der Waals surface area contributed by atoms with E-state index in [1.165, 1.54) is 24.5 Å². The van der Waals surface area contributed by atoms with Gasteiger partial charge in [0.15, 0.2) is 0 Å². The van der Waals surface area contributed by atoms with Gasteiger partial charge in [0.2, 0.25) is 5.91 Å². The Morgan fingerprint density at radius 3 is 2.90 bits per heavy atom. The van der Waals surface area contributed by atoms with Crippen molar-refractivity contribution in [2.24, 2.45) is 5.73 Å². The minimum absolute atomic E-state index is 0.0122. The van der Waals surface area contributed by atoms with E-state index >= 15 is 0 Å². The number of carbonyl (C=O) groups is 1. The molecule has 1 fully saturated rings. The highest BCUT2D eigenvalue weighted by atomic mass is 35.5. The fourth-order valence-electron chi connectivity index (χ4n) is 3.35. The maximum absolute atomic E-state index is 13.1. The molecule has 0 aliphatic carbocycles. The van der Waals surface area contributed by atoms with Crippen molar-refractivity contribution in [2.45, 2.75) is 23.2 Å². The first-order valence-electron chi connectivity index (χ1n) is 8.91. The second-order valence-corrected chi connectivity index (χ2v) is 11.5. The molecule has 4 heterocycles. The molecule has 1 amide bonds. The van der Waals surface area contributed by atoms with Crippen LogP contribution in [-0.4, -0.2) is 54.0 Å². The van der Waals surface area contributed by atoms with E-state index in [0.29, 0.717) is 39.8 Å². The third-order valence-corrected chi connectivity index (χ3v) is 9.58. The number of amidine groups is 1. The highest BCUT2D eigenvalue weighted by Gasteiger charge is 2.40. The van der Waals surface area contributed by atoms with Gasteiger partial charge in [0.25, 0.3) is 10.0 Å². The minimum atomic E-state index is -3.85. The zero-order valence-electron chi connectivity index (χ0n) is 15.8. The van der Waals surface area contributed by atoms with Gasteiger partial charge in [-0.3, -0.25) is 10.2 Å². The number of sulfonamides is 1. The molecule has 3 aromatic rings. The van der Waals surface area contributed by atoms with Crippen LogP contribution in [0.2, 0.25) is 5.15 Å². The van der Waals surface area contributed by atoms with E-state index in [4.69, 9.17) is 22.7 Å². The Balaban J connectivity index is 1.52. The number of rotatable bonds is 6. The summed E-state index contributed by atoms with van der Waals surface area (Å²) < 4.78 is 28.3. The fourth-order valence-corrected chi connectivity index (χ4v) is 7.12. The van der Waals surface area contributed by atoms with Crippen LogP contribution in [0.1, 0.15) is 16.9 Å². The van der Waals surface area contributed by atoms with Crippen molar-refractivity contribution in [3.8, 4) is 0 Å². The number of hydrogen-bond donors (Lipinski definition) is 2. The normalized spacial score (nSPS) is 17.4. The molecule has 8 nitrogen and oxygen atoms in total. The van der Waals surface area contributed by atoms with Crippen LogP contribution >= 0.6 is 34.3 Å². The molecule has 3 N–H and O–H groups in total. The first-order chi connectivity index (χ1) is 14.2. The van der Waals surface area contributed by atoms with E-state index in [1.54, 1.807) is 23.1 Å². The second-order valence-electron chi connectivity index (χ2n) is 6.90. The van der Waals surface area contributed by atoms with Crippen LogP contribution in [0.4, 0.5) is 0 Å². The molecule has 0 saturated carbocycles. The summed E-state index contributed by atoms with van der Waals surface area (Å²) in [6.07, 6.45) is 0.410. The number of amides is 1. The lowest BCUT2D eigenvalue weighted by Crippen LogP contribution is -2.42. The molecule has 0 spiro atoms. The Hall–Kier alpha value is -2.05. The number of aromatic nitrogens is 1. The highest BCUT2D eigenvalue weighted by molar-refractivity contribution is 7.91. The van der Waals surface area contributed by atoms with E-state index in [0.717, 1.165) is 21.2 Å². The number of carbonyl (C=O) groups excluding carboxylic acids is 1. The van der Waals surface area contributed by atoms with Gasteiger partial charge >= 0.3 is 0 Å². The Kier molecular flexibility index (Phi) is 5.58. The van der Waals surface area contributed by atoms with E-state index in [9.17, 15) is 13.2 Å². The number of thiophene rings is 2. The molecular formula is C18H18ClN5O3S3. The third-order valence-electron chi connectivity index (χ3n) is 4.95. The summed E-state index contributed by atoms with van der Waals surface area (Å²) in [6.45, 7) is 0.816. The molecule has 4 rings (SSSR count). The molecule has 0 radical (unpaired) electrons. The van der Waals surface area contributed by atoms with E-state index in [-0.39, 0.29) is 16.0 Å². The number of likely N-dealkylation sites (N-methyl/N-ethyl adjacent to an activating group) is 1. The minimum Gasteiger partial charge on any atom is -0.383 e. The monoisotopic (exact) mass is 483 g/mol. The maximum Gasteiger partial charge on any atom is 0.253 e. The average Bonchev–Trinajstić information content (AvgIpc) is 3.40. The summed E-state index contributed by atoms with van der Waals surface area (Å²) >= 11 is 8.34. The van der Waals surface area contributed by atoms with Crippen molar-refractivity contribution in [3.05, 3.63) is 45.2 Å². The number of nitrogen functional groups attached to an aromatic ring is 1. The Morgan fingerprint density at radius 1 is 1.43 bits per heavy atom. The zero-order chi connectivity index (χ0) is 21.6. The predicted molar refractivity (Wildman–Crippen MR) is 119 cm³/mol. The topological polar surface area (TPSA) is 120 Å². The standard InChI is InChI=1S/C18H18ClN5O3S3/c1-23(30(26,27)16-7-11-13(29-16)2-3-15(19)22-11)12-4-5-24(18(12)25)8-10-6-14(17(20)21)28-9-10/h2-3,6-7,9,12H,4-5,8H2,1H3,(H3,20,21)/t12-/m0/s1. The lowest BCUT2D eigenvalue weighted by Gasteiger charge is -2.22. The summed E-state index contributed by atoms with van der Waals surface area (Å²) in [7, 11) is -2.42. The quantitative estimate of drug-likeness (QED) is 0.317. The molecule has 30 heavy (non-hydrogen) atoms. The van der Waals surface area contributed by atoms with Crippen LogP contribution in [0, 0.1) is 5.41 Å². The van der Waals surface area contributed by atoms with Crippen LogP contribution in [0.15, 0.2) is 33.9 Å². The molecule has 0 aromatic carbocycles. The summed E-state index contributed by atoms with van der Waals surface area (Å²) in [5.74, 6) is -0.249. The summed E-state index contributed by atoms with van der Waals surface area (Å²) in [5, 5.41) is 9.63. The Morgan fingerprint density at radius 2 is 2.20 bits per heavy atom. The molecule has 12 heteroatoms. The van der Waals surface area contributed by atoms with Gasteiger partial charge in [0, 0.05) is 20.1 Å². The van der Waals surface area contributed by atoms with Gasteiger partial charge in [-0.25, -0.2) is 13.4 Å². The SMILES string of the molecule is CN([C@H]1CCN(Cc2csc(C(=N)N)c2)C1=O)S(=O)(=O)c1cc2nc(Cl)ccc2s1. The van der Waals surface area contributed by atoms with Crippen LogP contribution in [0.3, 0.4) is 0 Å². The predicted octanol–water partition coefficient (Wildman–Crippen LogP) is 2.72. The smallest absolute Gasteiger partial charge is 0.253 e. The van der Waals surface area contributed by atoms with Gasteiger partial charge in [0.1, 0.15) is 21.2 Å². The largest absolute Gasteiger partial charge is 0.383 e. The summed E-state index contributed by atoms with van der Waals surface area (Å²) in [5.41, 5.74) is 6.88. The van der Waals surface area contributed by atoms with Crippen molar-refractivity contribution in [3.63, 3.8) is 0 Å². The van der Waals surface area contributed by atoms with Crippen molar-refractivity contribution in [1.29, 1.82) is 5.41 Å². The molecule has 1 aliphatic heterocycles. The fraction of sp³-hybridized carbons (Fsp3) is 0.278. The van der Waals surface area contributed by atoms with E-state index < -0.39 is 16.1 Å². The second kappa shape index (κ2) is 7.89. The number of halogens is 1. The van der Waals surface area contributed by atoms with Gasteiger partial charge in [-0.15, -0.1) is 22.7 Å². The van der Waals surface area contributed by atoms with Gasteiger partial charge in [-0.05, 0) is 41.6 Å². The van der Waals surface area contributed by atoms with Crippen molar-refractivity contribution >= 4 is 66.3 Å². The first-order valence-corrected chi connectivity index (χ1v) is 12.4. The van der Waals surface area contributed by atoms with Gasteiger partial charge in [-0.1, -0.05) is 11.6 Å². The zero-order valence-corrected chi connectivity index (χ0v) is 19.0. The number of hydrogen-bond acceptors (Lipinski definition) is 7. The maximum atomic E-state index is 13.1. The molecular weight excluding hydrogens is 466 g/mol. The van der Waals surface area contributed by atoms with Gasteiger partial charge in [-0.2, -0.15) is 4.31 Å². The van der Waals surface area contributed by atoms with Gasteiger partial charge in [0.05, 0.1) is 15.1 Å². The molecule has 158 valence electrons. The van der Waals surface area contributed by atoms with Crippen LogP contribution in [0.25, 0.3) is 10.2 Å². The Bertz CT molecular complexity index is 1250. The van der Waals surface area contributed by atoms with E-state index in [1.807, 2.05) is 5.38 Å². The van der Waals surface area contributed by atoms with Gasteiger partial charge < -0.3 is 10.6 Å². The van der Waals surface area contributed by atoms with Crippen molar-refractivity contribution < 1.29 is 13.2 Å². The Labute approximate surface area is 186 Å². The third kappa shape index (κ3) is 3.83. The first kappa shape index (κ1) is 21.2. The number of nitrogens with one attached hydrogen (secondary N) is 1. The number of likely N-dealkylation sites (tertiary alicyclic amines) is 1. The highest BCUT2D eigenvalue weighted by Crippen LogP contribution is 2.32. The van der Waals surface area contributed by atoms with Crippen molar-refractivity contribution in [2.75, 3.05) is 13.6 Å². The molecule has 1 saturated heterocycles. The average molecular weight is 484 g/mol. The summed E-state index contributed by atoms with van der Waals surface area (Å²) in [4.78, 5) is 19.3. The van der Waals surface area contributed by atoms with Crippen LogP contribution in [-0.2, 0) is 21.4 Å². The lowest BCUT2D eigenvalue weighted by molar-refractivity contribution is -0.131. The number of fused-ring (bicyclic) bond motifs is 1.